The number of aromatic nitrogens is 2. The van der Waals surface area contributed by atoms with E-state index < -0.39 is 0 Å². The lowest BCUT2D eigenvalue weighted by molar-refractivity contribution is -0.0704. The molecule has 23 heavy (non-hydrogen) atoms. The number of hydrogen-bond acceptors (Lipinski definition) is 6. The summed E-state index contributed by atoms with van der Waals surface area (Å²) in [5, 5.41) is 4.19. The number of nitrogens with zero attached hydrogens (tertiary/aromatic N) is 3. The van der Waals surface area contributed by atoms with Gasteiger partial charge in [-0.15, -0.1) is 0 Å². The number of aryl methyl sites for hydroxylation is 1. The summed E-state index contributed by atoms with van der Waals surface area (Å²) in [6.45, 7) is 9.97. The van der Waals surface area contributed by atoms with Crippen LogP contribution in [0.1, 0.15) is 30.8 Å². The first kappa shape index (κ1) is 16.4. The Labute approximate surface area is 141 Å². The Morgan fingerprint density at radius 1 is 1.17 bits per heavy atom. The summed E-state index contributed by atoms with van der Waals surface area (Å²) in [6, 6.07) is 8.80. The Kier molecular flexibility index (Phi) is 5.25. The number of hydrogen-bond donors (Lipinski definition) is 1. The smallest absolute Gasteiger partial charge is 0.202 e. The van der Waals surface area contributed by atoms with Crippen LogP contribution in [-0.4, -0.2) is 39.6 Å². The van der Waals surface area contributed by atoms with Crippen molar-refractivity contribution in [3.63, 3.8) is 0 Å². The van der Waals surface area contributed by atoms with Gasteiger partial charge in [-0.05, 0) is 31.9 Å². The van der Waals surface area contributed by atoms with Crippen molar-refractivity contribution in [3.05, 3.63) is 41.2 Å². The van der Waals surface area contributed by atoms with Crippen LogP contribution in [0.4, 0.5) is 5.13 Å². The van der Waals surface area contributed by atoms with Gasteiger partial charge in [-0.1, -0.05) is 24.3 Å². The Hall–Kier alpha value is -1.50. The maximum atomic E-state index is 5.79. The molecule has 0 aliphatic carbocycles. The Morgan fingerprint density at radius 3 is 2.43 bits per heavy atom. The quantitative estimate of drug-likeness (QED) is 0.912. The van der Waals surface area contributed by atoms with Crippen LogP contribution < -0.4 is 5.32 Å². The van der Waals surface area contributed by atoms with E-state index in [1.54, 1.807) is 0 Å². The number of rotatable bonds is 5. The number of nitrogens with one attached hydrogen (secondary N) is 1. The average molecular weight is 332 g/mol. The number of morpholine rings is 1. The minimum Gasteiger partial charge on any atom is -0.373 e. The summed E-state index contributed by atoms with van der Waals surface area (Å²) in [5.74, 6) is 0.821. The van der Waals surface area contributed by atoms with Crippen LogP contribution in [0.2, 0.25) is 0 Å². The molecule has 0 bridgehead atoms. The number of ether oxygens (including phenoxy) is 1. The molecule has 1 aromatic heterocycles. The zero-order valence-electron chi connectivity index (χ0n) is 14.0. The molecule has 2 heterocycles. The predicted molar refractivity (Wildman–Crippen MR) is 93.7 cm³/mol. The fourth-order valence-electron chi connectivity index (χ4n) is 2.98. The van der Waals surface area contributed by atoms with Gasteiger partial charge in [0, 0.05) is 37.7 Å². The van der Waals surface area contributed by atoms with Crippen LogP contribution in [0.15, 0.2) is 24.3 Å². The van der Waals surface area contributed by atoms with E-state index in [4.69, 9.17) is 4.74 Å². The first-order valence-corrected chi connectivity index (χ1v) is 8.85. The van der Waals surface area contributed by atoms with Gasteiger partial charge in [0.1, 0.15) is 5.82 Å². The maximum absolute atomic E-state index is 5.79. The summed E-state index contributed by atoms with van der Waals surface area (Å²) < 4.78 is 9.96. The van der Waals surface area contributed by atoms with Crippen LogP contribution in [-0.2, 0) is 17.8 Å². The third-order valence-electron chi connectivity index (χ3n) is 3.90. The number of anilines is 1. The Morgan fingerprint density at radius 2 is 1.83 bits per heavy atom. The second kappa shape index (κ2) is 7.38. The first-order chi connectivity index (χ1) is 11.1. The van der Waals surface area contributed by atoms with Crippen molar-refractivity contribution >= 4 is 16.7 Å². The van der Waals surface area contributed by atoms with Gasteiger partial charge in [0.2, 0.25) is 5.13 Å². The molecule has 2 aromatic rings. The summed E-state index contributed by atoms with van der Waals surface area (Å²) in [6.07, 6.45) is 0.634. The van der Waals surface area contributed by atoms with Gasteiger partial charge in [0.15, 0.2) is 0 Å². The molecule has 1 aromatic carbocycles. The first-order valence-electron chi connectivity index (χ1n) is 8.08. The molecule has 0 saturated carbocycles. The highest BCUT2D eigenvalue weighted by Gasteiger charge is 2.21. The van der Waals surface area contributed by atoms with E-state index in [1.165, 1.54) is 22.7 Å². The molecule has 6 heteroatoms. The lowest BCUT2D eigenvalue weighted by atomic mass is 10.1. The molecule has 2 unspecified atom stereocenters. The minimum atomic E-state index is 0.317. The predicted octanol–water partition coefficient (Wildman–Crippen LogP) is 3.07. The molecular formula is C17H24N4OS. The largest absolute Gasteiger partial charge is 0.373 e. The summed E-state index contributed by atoms with van der Waals surface area (Å²) in [5.41, 5.74) is 2.60. The van der Waals surface area contributed by atoms with Crippen LogP contribution in [0, 0.1) is 6.92 Å². The zero-order chi connectivity index (χ0) is 16.2. The highest BCUT2D eigenvalue weighted by Crippen LogP contribution is 2.16. The Balaban J connectivity index is 1.52. The molecule has 3 rings (SSSR count). The molecule has 5 nitrogen and oxygen atoms in total. The van der Waals surface area contributed by atoms with Gasteiger partial charge in [-0.25, -0.2) is 4.98 Å². The van der Waals surface area contributed by atoms with Crippen LogP contribution in [0.25, 0.3) is 0 Å². The molecule has 1 aliphatic rings. The van der Waals surface area contributed by atoms with Gasteiger partial charge >= 0.3 is 0 Å². The van der Waals surface area contributed by atoms with Gasteiger partial charge < -0.3 is 10.1 Å². The maximum Gasteiger partial charge on any atom is 0.202 e. The molecule has 1 N–H and O–H groups in total. The third kappa shape index (κ3) is 4.73. The van der Waals surface area contributed by atoms with Crippen molar-refractivity contribution < 1.29 is 4.74 Å². The van der Waals surface area contributed by atoms with Gasteiger partial charge in [-0.3, -0.25) is 4.90 Å². The second-order valence-electron chi connectivity index (χ2n) is 6.27. The lowest BCUT2D eigenvalue weighted by Crippen LogP contribution is -2.44. The van der Waals surface area contributed by atoms with Crippen LogP contribution in [0.5, 0.6) is 0 Å². The molecule has 0 radical (unpaired) electrons. The van der Waals surface area contributed by atoms with Crippen molar-refractivity contribution in [1.82, 2.24) is 14.3 Å². The molecular weight excluding hydrogens is 308 g/mol. The summed E-state index contributed by atoms with van der Waals surface area (Å²) >= 11 is 1.40. The second-order valence-corrected chi connectivity index (χ2v) is 7.02. The van der Waals surface area contributed by atoms with Gasteiger partial charge in [-0.2, -0.15) is 4.37 Å². The minimum absolute atomic E-state index is 0.317. The van der Waals surface area contributed by atoms with Crippen molar-refractivity contribution in [2.75, 3.05) is 18.4 Å². The van der Waals surface area contributed by atoms with Gasteiger partial charge in [0.05, 0.1) is 12.2 Å². The lowest BCUT2D eigenvalue weighted by Gasteiger charge is -2.35. The third-order valence-corrected chi connectivity index (χ3v) is 4.66. The zero-order valence-corrected chi connectivity index (χ0v) is 14.8. The highest BCUT2D eigenvalue weighted by atomic mass is 32.1. The summed E-state index contributed by atoms with van der Waals surface area (Å²) in [7, 11) is 0. The molecule has 1 fully saturated rings. The van der Waals surface area contributed by atoms with Crippen molar-refractivity contribution in [2.24, 2.45) is 0 Å². The van der Waals surface area contributed by atoms with E-state index in [9.17, 15) is 0 Å². The van der Waals surface area contributed by atoms with E-state index in [0.717, 1.165) is 37.1 Å². The molecule has 2 atom stereocenters. The highest BCUT2D eigenvalue weighted by molar-refractivity contribution is 7.09. The average Bonchev–Trinajstić information content (AvgIpc) is 2.91. The molecule has 0 spiro atoms. The molecule has 0 amide bonds. The summed E-state index contributed by atoms with van der Waals surface area (Å²) in [4.78, 5) is 6.78. The van der Waals surface area contributed by atoms with Gasteiger partial charge in [0.25, 0.3) is 0 Å². The Bertz CT molecular complexity index is 618. The van der Waals surface area contributed by atoms with Crippen molar-refractivity contribution in [1.29, 1.82) is 0 Å². The fraction of sp³-hybridized carbons (Fsp3) is 0.529. The normalized spacial score (nSPS) is 22.2. The van der Waals surface area contributed by atoms with E-state index in [2.05, 4.69) is 57.7 Å². The van der Waals surface area contributed by atoms with Crippen LogP contribution in [0.3, 0.4) is 0 Å². The SMILES string of the molecule is Cc1nsc(NCc2ccc(CN3CC(C)OC(C)C3)cc2)n1. The van der Waals surface area contributed by atoms with Crippen LogP contribution >= 0.6 is 11.5 Å². The fourth-order valence-corrected chi connectivity index (χ4v) is 3.55. The standard InChI is InChI=1S/C17H24N4OS/c1-12-9-21(10-13(2)22-12)11-16-6-4-15(5-7-16)8-18-17-19-14(3)20-23-17/h4-7,12-13H,8-11H2,1-3H3,(H,18,19,20). The van der Waals surface area contributed by atoms with E-state index >= 15 is 0 Å². The molecule has 1 saturated heterocycles. The van der Waals surface area contributed by atoms with Crippen molar-refractivity contribution in [2.45, 2.75) is 46.1 Å². The number of benzene rings is 1. The van der Waals surface area contributed by atoms with E-state index in [1.807, 2.05) is 6.92 Å². The molecule has 1 aliphatic heterocycles. The van der Waals surface area contributed by atoms with E-state index in [0.29, 0.717) is 12.2 Å². The van der Waals surface area contributed by atoms with E-state index in [-0.39, 0.29) is 0 Å². The van der Waals surface area contributed by atoms with Crippen molar-refractivity contribution in [3.8, 4) is 0 Å². The molecule has 124 valence electrons. The topological polar surface area (TPSA) is 50.3 Å². The monoisotopic (exact) mass is 332 g/mol.